The summed E-state index contributed by atoms with van der Waals surface area (Å²) in [5, 5.41) is 0.459. The van der Waals surface area contributed by atoms with Gasteiger partial charge in [0.2, 0.25) is 11.8 Å². The number of imide groups is 1. The van der Waals surface area contributed by atoms with E-state index >= 15 is 0 Å². The van der Waals surface area contributed by atoms with Crippen LogP contribution in [0.4, 0.5) is 0 Å². The summed E-state index contributed by atoms with van der Waals surface area (Å²) in [6.45, 7) is 0. The quantitative estimate of drug-likeness (QED) is 0.419. The van der Waals surface area contributed by atoms with E-state index in [1.165, 1.54) is 75.4 Å². The monoisotopic (exact) mass is 348 g/mol. The largest absolute Gasteiger partial charge is 0.332 e. The highest BCUT2D eigenvalue weighted by Gasteiger charge is 2.41. The number of hydrogen-bond acceptors (Lipinski definition) is 3. The highest BCUT2D eigenvalue weighted by Crippen LogP contribution is 2.36. The molecule has 5 heteroatoms. The van der Waals surface area contributed by atoms with Gasteiger partial charge in [0.15, 0.2) is 0 Å². The van der Waals surface area contributed by atoms with Crippen LogP contribution in [0.15, 0.2) is 0 Å². The van der Waals surface area contributed by atoms with Crippen molar-refractivity contribution in [3.05, 3.63) is 0 Å². The maximum absolute atomic E-state index is 12.8. The minimum Gasteiger partial charge on any atom is -0.332 e. The molecule has 0 bridgehead atoms. The smallest absolute Gasteiger partial charge is 0.263 e. The van der Waals surface area contributed by atoms with Crippen molar-refractivity contribution in [2.24, 2.45) is 0 Å². The van der Waals surface area contributed by atoms with Gasteiger partial charge in [-0.1, -0.05) is 70.6 Å². The molecule has 24 heavy (non-hydrogen) atoms. The molecule has 2 amide bonds. The first kappa shape index (κ1) is 18.3. The number of thioether (sulfide) groups is 1. The summed E-state index contributed by atoms with van der Waals surface area (Å²) >= 11 is 1.79. The van der Waals surface area contributed by atoms with E-state index in [0.29, 0.717) is 17.5 Å². The number of hydrogen-bond donors (Lipinski definition) is 0. The van der Waals surface area contributed by atoms with E-state index in [2.05, 4.69) is 0 Å². The SMILES string of the molecule is O=C1CC(SC2CCCCCC2)C(=O)N1[B]C1CCCCCCC1. The zero-order valence-corrected chi connectivity index (χ0v) is 15.7. The van der Waals surface area contributed by atoms with Gasteiger partial charge in [0, 0.05) is 11.7 Å². The van der Waals surface area contributed by atoms with Crippen molar-refractivity contribution in [1.82, 2.24) is 4.81 Å². The Balaban J connectivity index is 1.52. The summed E-state index contributed by atoms with van der Waals surface area (Å²) in [6, 6.07) is 0. The lowest BCUT2D eigenvalue weighted by Gasteiger charge is -2.23. The third kappa shape index (κ3) is 5.03. The molecule has 1 heterocycles. The number of carbonyl (C=O) groups excluding carboxylic acids is 2. The van der Waals surface area contributed by atoms with Crippen molar-refractivity contribution in [1.29, 1.82) is 0 Å². The van der Waals surface area contributed by atoms with E-state index < -0.39 is 0 Å². The molecule has 3 rings (SSSR count). The predicted molar refractivity (Wildman–Crippen MR) is 101 cm³/mol. The zero-order chi connectivity index (χ0) is 16.8. The van der Waals surface area contributed by atoms with Gasteiger partial charge >= 0.3 is 0 Å². The molecule has 133 valence electrons. The fourth-order valence-electron chi connectivity index (χ4n) is 4.34. The van der Waals surface area contributed by atoms with Gasteiger partial charge < -0.3 is 4.81 Å². The van der Waals surface area contributed by atoms with Crippen LogP contribution in [-0.4, -0.2) is 34.5 Å². The minimum atomic E-state index is -0.120. The van der Waals surface area contributed by atoms with Crippen molar-refractivity contribution < 1.29 is 9.59 Å². The average molecular weight is 348 g/mol. The molecular formula is C19H31BNO2S. The molecule has 1 unspecified atom stereocenters. The summed E-state index contributed by atoms with van der Waals surface area (Å²) in [4.78, 5) is 26.6. The predicted octanol–water partition coefficient (Wildman–Crippen LogP) is 4.72. The molecule has 1 aliphatic heterocycles. The van der Waals surface area contributed by atoms with Crippen LogP contribution in [0.25, 0.3) is 0 Å². The maximum atomic E-state index is 12.8. The van der Waals surface area contributed by atoms with Gasteiger partial charge in [0.1, 0.15) is 0 Å². The van der Waals surface area contributed by atoms with Gasteiger partial charge in [-0.3, -0.25) is 9.59 Å². The Morgan fingerprint density at radius 1 is 0.792 bits per heavy atom. The van der Waals surface area contributed by atoms with Crippen LogP contribution in [0, 0.1) is 0 Å². The minimum absolute atomic E-state index is 0.0354. The van der Waals surface area contributed by atoms with E-state index in [9.17, 15) is 9.59 Å². The highest BCUT2D eigenvalue weighted by molar-refractivity contribution is 8.01. The van der Waals surface area contributed by atoms with E-state index in [4.69, 9.17) is 0 Å². The Morgan fingerprint density at radius 2 is 1.33 bits per heavy atom. The second-order valence-corrected chi connectivity index (χ2v) is 9.31. The Morgan fingerprint density at radius 3 is 1.96 bits per heavy atom. The van der Waals surface area contributed by atoms with Crippen LogP contribution in [0.3, 0.4) is 0 Å². The van der Waals surface area contributed by atoms with Crippen molar-refractivity contribution in [2.75, 3.05) is 0 Å². The van der Waals surface area contributed by atoms with Crippen LogP contribution < -0.4 is 0 Å². The fourth-order valence-corrected chi connectivity index (χ4v) is 5.88. The van der Waals surface area contributed by atoms with E-state index in [-0.39, 0.29) is 17.1 Å². The molecule has 1 radical (unpaired) electrons. The average Bonchev–Trinajstić information content (AvgIpc) is 2.73. The van der Waals surface area contributed by atoms with Crippen LogP contribution >= 0.6 is 11.8 Å². The molecule has 2 saturated carbocycles. The third-order valence-corrected chi connectivity index (χ3v) is 7.36. The van der Waals surface area contributed by atoms with Crippen LogP contribution in [0.5, 0.6) is 0 Å². The summed E-state index contributed by atoms with van der Waals surface area (Å²) in [7, 11) is 1.99. The summed E-state index contributed by atoms with van der Waals surface area (Å²) in [5.41, 5.74) is 0. The molecular weight excluding hydrogens is 317 g/mol. The Kier molecular flexibility index (Phi) is 7.12. The van der Waals surface area contributed by atoms with Crippen molar-refractivity contribution in [3.63, 3.8) is 0 Å². The third-order valence-electron chi connectivity index (χ3n) is 5.81. The fraction of sp³-hybridized carbons (Fsp3) is 0.895. The molecule has 0 aromatic carbocycles. The second-order valence-electron chi connectivity index (χ2n) is 7.80. The van der Waals surface area contributed by atoms with Crippen molar-refractivity contribution in [3.8, 4) is 0 Å². The normalized spacial score (nSPS) is 28.5. The van der Waals surface area contributed by atoms with Gasteiger partial charge in [-0.25, -0.2) is 0 Å². The molecule has 0 aromatic rings. The Labute approximate surface area is 152 Å². The standard InChI is InChI=1S/C19H31BNO2S/c22-18-14-17(24-16-12-8-4-5-9-13-16)19(23)21(18)20-15-10-6-2-1-3-7-11-15/h15-17H,1-14H2. The molecule has 3 aliphatic rings. The summed E-state index contributed by atoms with van der Waals surface area (Å²) in [5.74, 6) is 0.518. The van der Waals surface area contributed by atoms with E-state index in [0.717, 1.165) is 12.8 Å². The second kappa shape index (κ2) is 9.31. The lowest BCUT2D eigenvalue weighted by atomic mass is 9.67. The van der Waals surface area contributed by atoms with E-state index in [1.807, 2.05) is 7.41 Å². The highest BCUT2D eigenvalue weighted by atomic mass is 32.2. The number of amides is 2. The first-order chi connectivity index (χ1) is 11.7. The summed E-state index contributed by atoms with van der Waals surface area (Å²) < 4.78 is 0. The van der Waals surface area contributed by atoms with Crippen LogP contribution in [-0.2, 0) is 9.59 Å². The lowest BCUT2D eigenvalue weighted by Crippen LogP contribution is -2.37. The van der Waals surface area contributed by atoms with Gasteiger partial charge in [0.25, 0.3) is 7.41 Å². The number of carbonyl (C=O) groups is 2. The van der Waals surface area contributed by atoms with Crippen LogP contribution in [0.1, 0.15) is 89.9 Å². The first-order valence-corrected chi connectivity index (χ1v) is 11.0. The van der Waals surface area contributed by atoms with Crippen molar-refractivity contribution in [2.45, 2.75) is 106 Å². The molecule has 2 aliphatic carbocycles. The van der Waals surface area contributed by atoms with Gasteiger partial charge in [-0.05, 0) is 18.7 Å². The molecule has 0 N–H and O–H groups in total. The number of rotatable bonds is 4. The molecule has 1 saturated heterocycles. The van der Waals surface area contributed by atoms with Crippen molar-refractivity contribution >= 4 is 31.0 Å². The molecule has 1 atom stereocenters. The summed E-state index contributed by atoms with van der Waals surface area (Å²) in [6.07, 6.45) is 16.8. The molecule has 3 nitrogen and oxygen atoms in total. The first-order valence-electron chi connectivity index (χ1n) is 10.1. The maximum Gasteiger partial charge on any atom is 0.263 e. The zero-order valence-electron chi connectivity index (χ0n) is 14.9. The topological polar surface area (TPSA) is 37.4 Å². The van der Waals surface area contributed by atoms with Gasteiger partial charge in [-0.15, -0.1) is 11.8 Å². The molecule has 0 spiro atoms. The Bertz CT molecular complexity index is 429. The van der Waals surface area contributed by atoms with Crippen LogP contribution in [0.2, 0.25) is 5.82 Å². The molecule has 0 aromatic heterocycles. The Hall–Kier alpha value is -0.445. The lowest BCUT2D eigenvalue weighted by molar-refractivity contribution is -0.132. The van der Waals surface area contributed by atoms with E-state index in [1.54, 1.807) is 11.8 Å². The number of nitrogens with zero attached hydrogens (tertiary/aromatic N) is 1. The van der Waals surface area contributed by atoms with Gasteiger partial charge in [0.05, 0.1) is 5.25 Å². The van der Waals surface area contributed by atoms with Gasteiger partial charge in [-0.2, -0.15) is 0 Å². The molecule has 3 fully saturated rings.